The van der Waals surface area contributed by atoms with E-state index in [0.29, 0.717) is 5.92 Å². The van der Waals surface area contributed by atoms with E-state index in [2.05, 4.69) is 61.5 Å². The zero-order valence-electron chi connectivity index (χ0n) is 19.1. The van der Waals surface area contributed by atoms with Gasteiger partial charge in [0.15, 0.2) is 5.11 Å². The third-order valence-electron chi connectivity index (χ3n) is 6.42. The molecule has 3 aromatic rings. The summed E-state index contributed by atoms with van der Waals surface area (Å²) in [5.74, 6) is 2.50. The van der Waals surface area contributed by atoms with E-state index in [1.54, 1.807) is 0 Å². The number of unbranched alkanes of at least 4 members (excludes halogenated alkanes) is 1. The highest BCUT2D eigenvalue weighted by Gasteiger charge is 2.25. The molecule has 1 fully saturated rings. The predicted molar refractivity (Wildman–Crippen MR) is 131 cm³/mol. The largest absolute Gasteiger partial charge is 0.363 e. The molecule has 0 radical (unpaired) electrons. The van der Waals surface area contributed by atoms with Gasteiger partial charge in [-0.1, -0.05) is 35.5 Å². The number of aryl methyl sites for hydroxylation is 3. The molecule has 4 rings (SSSR count). The third kappa shape index (κ3) is 5.57. The minimum atomic E-state index is 0.454. The van der Waals surface area contributed by atoms with Gasteiger partial charge < -0.3 is 19.3 Å². The van der Waals surface area contributed by atoms with E-state index in [4.69, 9.17) is 16.7 Å². The predicted octanol–water partition coefficient (Wildman–Crippen LogP) is 4.61. The fourth-order valence-electron chi connectivity index (χ4n) is 4.46. The molecule has 1 aliphatic rings. The fraction of sp³-hybridized carbons (Fsp3) is 0.480. The van der Waals surface area contributed by atoms with Gasteiger partial charge in [-0.3, -0.25) is 0 Å². The van der Waals surface area contributed by atoms with Crippen molar-refractivity contribution < 1.29 is 4.52 Å². The van der Waals surface area contributed by atoms with Crippen LogP contribution in [0.5, 0.6) is 0 Å². The van der Waals surface area contributed by atoms with Crippen molar-refractivity contribution in [2.45, 2.75) is 58.4 Å². The van der Waals surface area contributed by atoms with Gasteiger partial charge >= 0.3 is 0 Å². The number of aromatic nitrogens is 3. The van der Waals surface area contributed by atoms with Gasteiger partial charge in [-0.05, 0) is 63.7 Å². The Hall–Kier alpha value is -2.67. The molecule has 1 aromatic carbocycles. The molecule has 6 nitrogen and oxygen atoms in total. The van der Waals surface area contributed by atoms with Gasteiger partial charge in [0.1, 0.15) is 11.6 Å². The maximum atomic E-state index is 5.66. The van der Waals surface area contributed by atoms with Gasteiger partial charge in [0.05, 0.1) is 12.2 Å². The Kier molecular flexibility index (Phi) is 7.58. The van der Waals surface area contributed by atoms with Crippen LogP contribution in [0.15, 0.2) is 47.2 Å². The molecule has 170 valence electrons. The number of rotatable bonds is 8. The first kappa shape index (κ1) is 22.5. The third-order valence-corrected chi connectivity index (χ3v) is 6.82. The van der Waals surface area contributed by atoms with Crippen LogP contribution in [0.25, 0.3) is 0 Å². The van der Waals surface area contributed by atoms with Crippen LogP contribution in [0.4, 0.5) is 0 Å². The number of likely N-dealkylation sites (tertiary alicyclic amines) is 1. The quantitative estimate of drug-likeness (QED) is 0.399. The highest BCUT2D eigenvalue weighted by atomic mass is 32.1. The minimum Gasteiger partial charge on any atom is -0.363 e. The summed E-state index contributed by atoms with van der Waals surface area (Å²) >= 11 is 5.66. The van der Waals surface area contributed by atoms with Gasteiger partial charge in [0.25, 0.3) is 0 Å². The second-order valence-electron chi connectivity index (χ2n) is 8.65. The van der Waals surface area contributed by atoms with E-state index >= 15 is 0 Å². The first-order valence-corrected chi connectivity index (χ1v) is 12.0. The van der Waals surface area contributed by atoms with Gasteiger partial charge in [-0.25, -0.2) is 4.98 Å². The van der Waals surface area contributed by atoms with Gasteiger partial charge in [-0.2, -0.15) is 0 Å². The lowest BCUT2D eigenvalue weighted by Gasteiger charge is -2.33. The number of piperidine rings is 1. The smallest absolute Gasteiger partial charge is 0.168 e. The zero-order chi connectivity index (χ0) is 22.3. The zero-order valence-corrected chi connectivity index (χ0v) is 19.9. The lowest BCUT2D eigenvalue weighted by Crippen LogP contribution is -2.44. The van der Waals surface area contributed by atoms with E-state index < -0.39 is 0 Å². The number of hydrogen-bond acceptors (Lipinski definition) is 4. The molecule has 0 amide bonds. The van der Waals surface area contributed by atoms with Crippen molar-refractivity contribution in [3.05, 3.63) is 71.1 Å². The second-order valence-corrected chi connectivity index (χ2v) is 9.04. The summed E-state index contributed by atoms with van der Waals surface area (Å²) in [6.07, 6.45) is 9.53. The molecular formula is C25H33N5OS. The molecule has 7 heteroatoms. The molecule has 2 aromatic heterocycles. The van der Waals surface area contributed by atoms with Crippen molar-refractivity contribution in [2.24, 2.45) is 0 Å². The Morgan fingerprint density at radius 2 is 1.94 bits per heavy atom. The molecule has 32 heavy (non-hydrogen) atoms. The Balaban J connectivity index is 1.21. The molecule has 0 bridgehead atoms. The topological polar surface area (TPSA) is 59.1 Å². The van der Waals surface area contributed by atoms with Crippen LogP contribution in [0, 0.1) is 13.8 Å². The fourth-order valence-corrected chi connectivity index (χ4v) is 4.74. The Morgan fingerprint density at radius 3 is 2.66 bits per heavy atom. The summed E-state index contributed by atoms with van der Waals surface area (Å²) < 4.78 is 7.57. The van der Waals surface area contributed by atoms with Gasteiger partial charge in [0, 0.05) is 43.5 Å². The highest BCUT2D eigenvalue weighted by molar-refractivity contribution is 7.80. The molecule has 1 aliphatic heterocycles. The maximum Gasteiger partial charge on any atom is 0.168 e. The van der Waals surface area contributed by atoms with Crippen LogP contribution < -0.4 is 5.32 Å². The van der Waals surface area contributed by atoms with Crippen LogP contribution in [0.3, 0.4) is 0 Å². The van der Waals surface area contributed by atoms with Crippen molar-refractivity contribution >= 4 is 17.3 Å². The average molecular weight is 452 g/mol. The minimum absolute atomic E-state index is 0.454. The SMILES string of the molecule is Cc1noc(C)c1Cn1ccnc1C1CCN(C(=S)NCCCCc2ccccc2)CC1. The summed E-state index contributed by atoms with van der Waals surface area (Å²) in [5.41, 5.74) is 3.52. The normalized spacial score (nSPS) is 14.6. The Bertz CT molecular complexity index is 985. The maximum absolute atomic E-state index is 5.66. The Morgan fingerprint density at radius 1 is 1.16 bits per heavy atom. The van der Waals surface area contributed by atoms with Crippen molar-refractivity contribution in [1.82, 2.24) is 24.9 Å². The first-order chi connectivity index (χ1) is 15.6. The molecule has 1 saturated heterocycles. The molecule has 0 unspecified atom stereocenters. The van der Waals surface area contributed by atoms with E-state index in [1.807, 2.05) is 20.0 Å². The Labute approximate surface area is 196 Å². The monoisotopic (exact) mass is 451 g/mol. The molecule has 0 aliphatic carbocycles. The summed E-state index contributed by atoms with van der Waals surface area (Å²) in [6, 6.07) is 10.7. The van der Waals surface area contributed by atoms with E-state index in [9.17, 15) is 0 Å². The number of benzene rings is 1. The van der Waals surface area contributed by atoms with Crippen molar-refractivity contribution in [3.8, 4) is 0 Å². The van der Waals surface area contributed by atoms with Crippen molar-refractivity contribution in [1.29, 1.82) is 0 Å². The molecular weight excluding hydrogens is 418 g/mol. The first-order valence-electron chi connectivity index (χ1n) is 11.6. The van der Waals surface area contributed by atoms with Crippen LogP contribution in [-0.2, 0) is 13.0 Å². The molecule has 0 spiro atoms. The molecule has 0 atom stereocenters. The standard InChI is InChI=1S/C25H33N5OS/c1-19-23(20(2)31-28-19)18-30-17-14-26-24(30)22-11-15-29(16-12-22)25(32)27-13-7-6-10-21-8-4-3-5-9-21/h3-5,8-9,14,17,22H,6-7,10-13,15-16,18H2,1-2H3,(H,27,32). The van der Waals surface area contributed by atoms with Gasteiger partial charge in [0.2, 0.25) is 0 Å². The van der Waals surface area contributed by atoms with Crippen LogP contribution in [-0.4, -0.2) is 44.4 Å². The highest BCUT2D eigenvalue weighted by Crippen LogP contribution is 2.28. The lowest BCUT2D eigenvalue weighted by molar-refractivity contribution is 0.300. The molecule has 1 N–H and O–H groups in total. The summed E-state index contributed by atoms with van der Waals surface area (Å²) in [7, 11) is 0. The number of nitrogens with one attached hydrogen (secondary N) is 1. The van der Waals surface area contributed by atoms with Crippen LogP contribution in [0.1, 0.15) is 60.0 Å². The summed E-state index contributed by atoms with van der Waals surface area (Å²) in [4.78, 5) is 7.00. The summed E-state index contributed by atoms with van der Waals surface area (Å²) in [5, 5.41) is 8.43. The van der Waals surface area contributed by atoms with Crippen molar-refractivity contribution in [2.75, 3.05) is 19.6 Å². The van der Waals surface area contributed by atoms with Crippen LogP contribution in [0.2, 0.25) is 0 Å². The molecule has 3 heterocycles. The average Bonchev–Trinajstić information content (AvgIpc) is 3.41. The van der Waals surface area contributed by atoms with E-state index in [-0.39, 0.29) is 0 Å². The number of imidazole rings is 1. The summed E-state index contributed by atoms with van der Waals surface area (Å²) in [6.45, 7) is 7.61. The van der Waals surface area contributed by atoms with Crippen molar-refractivity contribution in [3.63, 3.8) is 0 Å². The number of nitrogens with zero attached hydrogens (tertiary/aromatic N) is 4. The van der Waals surface area contributed by atoms with Gasteiger partial charge in [-0.15, -0.1) is 0 Å². The van der Waals surface area contributed by atoms with E-state index in [0.717, 1.165) is 79.8 Å². The lowest BCUT2D eigenvalue weighted by atomic mass is 9.96. The molecule has 0 saturated carbocycles. The number of thiocarbonyl (C=S) groups is 1. The van der Waals surface area contributed by atoms with E-state index in [1.165, 1.54) is 12.0 Å². The second kappa shape index (κ2) is 10.8. The van der Waals surface area contributed by atoms with Crippen LogP contribution >= 0.6 is 12.2 Å². The number of hydrogen-bond donors (Lipinski definition) is 1.